The van der Waals surface area contributed by atoms with Crippen LogP contribution in [0.15, 0.2) is 0 Å². The van der Waals surface area contributed by atoms with Gasteiger partial charge in [0.1, 0.15) is 0 Å². The van der Waals surface area contributed by atoms with E-state index in [0.717, 1.165) is 36.6 Å². The zero-order valence-electron chi connectivity index (χ0n) is 11.2. The maximum atomic E-state index is 4.37. The molecule has 1 heterocycles. The minimum atomic E-state index is 0.863. The van der Waals surface area contributed by atoms with Crippen LogP contribution in [0.25, 0.3) is 0 Å². The van der Waals surface area contributed by atoms with Gasteiger partial charge in [-0.3, -0.25) is 0 Å². The molecule has 3 nitrogen and oxygen atoms in total. The third kappa shape index (κ3) is 1.80. The third-order valence-electron chi connectivity index (χ3n) is 4.81. The predicted octanol–water partition coefficient (Wildman–Crippen LogP) is 2.70. The fourth-order valence-electron chi connectivity index (χ4n) is 3.97. The van der Waals surface area contributed by atoms with Gasteiger partial charge < -0.3 is 0 Å². The summed E-state index contributed by atoms with van der Waals surface area (Å²) >= 11 is 0. The van der Waals surface area contributed by atoms with Gasteiger partial charge in [0.15, 0.2) is 0 Å². The first-order valence-electron chi connectivity index (χ1n) is 7.13. The highest BCUT2D eigenvalue weighted by atomic mass is 15.4. The Morgan fingerprint density at radius 1 is 1.24 bits per heavy atom. The maximum absolute atomic E-state index is 4.37. The summed E-state index contributed by atoms with van der Waals surface area (Å²) in [5.41, 5.74) is 2.69. The van der Waals surface area contributed by atoms with E-state index in [1.807, 2.05) is 0 Å². The molecule has 0 aliphatic heterocycles. The van der Waals surface area contributed by atoms with Crippen LogP contribution >= 0.6 is 0 Å². The molecule has 2 aliphatic carbocycles. The number of hydrogen-bond donors (Lipinski definition) is 0. The van der Waals surface area contributed by atoms with Crippen LogP contribution in [0.5, 0.6) is 0 Å². The van der Waals surface area contributed by atoms with Gasteiger partial charge in [-0.25, -0.2) is 4.68 Å². The van der Waals surface area contributed by atoms with E-state index >= 15 is 0 Å². The molecule has 0 spiro atoms. The molecular weight excluding hydrogens is 210 g/mol. The van der Waals surface area contributed by atoms with Crippen molar-refractivity contribution in [1.29, 1.82) is 0 Å². The largest absolute Gasteiger partial charge is 0.249 e. The monoisotopic (exact) mass is 233 g/mol. The Hall–Kier alpha value is -0.860. The standard InChI is InChI=1S/C14H23N3/c1-4-17-13-8-6-11-10(14(11)9(2)3)5-7-12(13)15-16-17/h9-11,14H,4-8H2,1-3H3/t10-,11+,14?/m1/s1. The van der Waals surface area contributed by atoms with Crippen molar-refractivity contribution in [1.82, 2.24) is 15.0 Å². The molecule has 1 aromatic rings. The average Bonchev–Trinajstić information content (AvgIpc) is 2.83. The van der Waals surface area contributed by atoms with Crippen LogP contribution in [0.2, 0.25) is 0 Å². The Balaban J connectivity index is 1.78. The first-order chi connectivity index (χ1) is 8.22. The van der Waals surface area contributed by atoms with E-state index in [0.29, 0.717) is 0 Å². The highest BCUT2D eigenvalue weighted by Crippen LogP contribution is 2.56. The maximum Gasteiger partial charge on any atom is 0.0859 e. The first-order valence-corrected chi connectivity index (χ1v) is 7.13. The summed E-state index contributed by atoms with van der Waals surface area (Å²) in [6.45, 7) is 7.89. The molecule has 0 N–H and O–H groups in total. The van der Waals surface area contributed by atoms with Crippen LogP contribution in [-0.2, 0) is 19.4 Å². The zero-order valence-corrected chi connectivity index (χ0v) is 11.2. The van der Waals surface area contributed by atoms with Gasteiger partial charge in [0.2, 0.25) is 0 Å². The SMILES string of the molecule is CCn1nnc2c1CC[C@@H]1C(C(C)C)[C@@H]1CC2. The molecule has 3 rings (SSSR count). The summed E-state index contributed by atoms with van der Waals surface area (Å²) in [6, 6.07) is 0. The highest BCUT2D eigenvalue weighted by molar-refractivity contribution is 5.15. The second-order valence-electron chi connectivity index (χ2n) is 6.03. The van der Waals surface area contributed by atoms with Crippen LogP contribution in [0.4, 0.5) is 0 Å². The van der Waals surface area contributed by atoms with Crippen molar-refractivity contribution >= 4 is 0 Å². The number of aryl methyl sites for hydroxylation is 2. The first kappa shape index (κ1) is 11.2. The van der Waals surface area contributed by atoms with E-state index in [9.17, 15) is 0 Å². The Labute approximate surface area is 104 Å². The van der Waals surface area contributed by atoms with E-state index in [2.05, 4.69) is 35.8 Å². The van der Waals surface area contributed by atoms with E-state index in [1.54, 1.807) is 0 Å². The summed E-state index contributed by atoms with van der Waals surface area (Å²) in [5, 5.41) is 8.63. The van der Waals surface area contributed by atoms with E-state index < -0.39 is 0 Å². The smallest absolute Gasteiger partial charge is 0.0859 e. The fourth-order valence-corrected chi connectivity index (χ4v) is 3.97. The minimum absolute atomic E-state index is 0.863. The Bertz CT molecular complexity index is 408. The van der Waals surface area contributed by atoms with Crippen molar-refractivity contribution in [2.24, 2.45) is 23.7 Å². The van der Waals surface area contributed by atoms with Crippen LogP contribution in [0.1, 0.15) is 45.0 Å². The number of nitrogens with zero attached hydrogens (tertiary/aromatic N) is 3. The predicted molar refractivity (Wildman–Crippen MR) is 67.6 cm³/mol. The summed E-state index contributed by atoms with van der Waals surface area (Å²) < 4.78 is 2.10. The molecule has 1 saturated carbocycles. The third-order valence-corrected chi connectivity index (χ3v) is 4.81. The van der Waals surface area contributed by atoms with Crippen molar-refractivity contribution in [3.8, 4) is 0 Å². The van der Waals surface area contributed by atoms with Crippen LogP contribution in [0, 0.1) is 23.7 Å². The summed E-state index contributed by atoms with van der Waals surface area (Å²) in [7, 11) is 0. The lowest BCUT2D eigenvalue weighted by atomic mass is 10.0. The van der Waals surface area contributed by atoms with Gasteiger partial charge in [0.05, 0.1) is 11.4 Å². The van der Waals surface area contributed by atoms with E-state index in [-0.39, 0.29) is 0 Å². The number of hydrogen-bond acceptors (Lipinski definition) is 2. The topological polar surface area (TPSA) is 30.7 Å². The Morgan fingerprint density at radius 2 is 1.94 bits per heavy atom. The molecule has 1 aromatic heterocycles. The van der Waals surface area contributed by atoms with Gasteiger partial charge in [-0.05, 0) is 56.3 Å². The lowest BCUT2D eigenvalue weighted by Gasteiger charge is -2.09. The van der Waals surface area contributed by atoms with Crippen molar-refractivity contribution in [3.05, 3.63) is 11.4 Å². The highest BCUT2D eigenvalue weighted by Gasteiger charge is 2.50. The van der Waals surface area contributed by atoms with Crippen molar-refractivity contribution in [3.63, 3.8) is 0 Å². The van der Waals surface area contributed by atoms with Gasteiger partial charge in [-0.2, -0.15) is 0 Å². The zero-order chi connectivity index (χ0) is 12.0. The van der Waals surface area contributed by atoms with Crippen molar-refractivity contribution < 1.29 is 0 Å². The molecular formula is C14H23N3. The number of aromatic nitrogens is 3. The summed E-state index contributed by atoms with van der Waals surface area (Å²) in [5.74, 6) is 3.82. The van der Waals surface area contributed by atoms with Crippen LogP contribution < -0.4 is 0 Å². The van der Waals surface area contributed by atoms with Crippen LogP contribution in [-0.4, -0.2) is 15.0 Å². The Morgan fingerprint density at radius 3 is 2.59 bits per heavy atom. The molecule has 0 aromatic carbocycles. The van der Waals surface area contributed by atoms with Gasteiger partial charge in [0, 0.05) is 6.54 Å². The fraction of sp³-hybridized carbons (Fsp3) is 0.857. The molecule has 0 saturated heterocycles. The lowest BCUT2D eigenvalue weighted by molar-refractivity contribution is 0.488. The van der Waals surface area contributed by atoms with Crippen LogP contribution in [0.3, 0.4) is 0 Å². The second-order valence-corrected chi connectivity index (χ2v) is 6.03. The van der Waals surface area contributed by atoms with Gasteiger partial charge in [0.25, 0.3) is 0 Å². The molecule has 3 heteroatoms. The number of fused-ring (bicyclic) bond motifs is 2. The van der Waals surface area contributed by atoms with Gasteiger partial charge in [-0.15, -0.1) is 5.10 Å². The molecule has 1 fully saturated rings. The van der Waals surface area contributed by atoms with Crippen molar-refractivity contribution in [2.45, 2.75) is 53.0 Å². The second kappa shape index (κ2) is 4.11. The normalized spacial score (nSPS) is 31.6. The molecule has 0 radical (unpaired) electrons. The average molecular weight is 233 g/mol. The molecule has 1 unspecified atom stereocenters. The van der Waals surface area contributed by atoms with E-state index in [4.69, 9.17) is 0 Å². The number of rotatable bonds is 2. The summed E-state index contributed by atoms with van der Waals surface area (Å²) in [6.07, 6.45) is 5.04. The molecule has 17 heavy (non-hydrogen) atoms. The van der Waals surface area contributed by atoms with Crippen molar-refractivity contribution in [2.75, 3.05) is 0 Å². The molecule has 2 aliphatic rings. The van der Waals surface area contributed by atoms with E-state index in [1.165, 1.54) is 30.7 Å². The summed E-state index contributed by atoms with van der Waals surface area (Å²) in [4.78, 5) is 0. The molecule has 0 amide bonds. The minimum Gasteiger partial charge on any atom is -0.249 e. The molecule has 94 valence electrons. The quantitative estimate of drug-likeness (QED) is 0.786. The molecule has 3 atom stereocenters. The van der Waals surface area contributed by atoms with Gasteiger partial charge in [-0.1, -0.05) is 19.1 Å². The lowest BCUT2D eigenvalue weighted by Crippen LogP contribution is -2.07. The molecule has 0 bridgehead atoms. The van der Waals surface area contributed by atoms with Gasteiger partial charge >= 0.3 is 0 Å². The Kier molecular flexibility index (Phi) is 2.72.